The molecule has 0 bridgehead atoms. The summed E-state index contributed by atoms with van der Waals surface area (Å²) in [4.78, 5) is 17.1. The maximum atomic E-state index is 14.4. The molecule has 0 saturated carbocycles. The van der Waals surface area contributed by atoms with E-state index in [9.17, 15) is 23.2 Å². The molecule has 9 heteroatoms. The SMILES string of the molecule is CC(C)c1cc(F)c(F)c(C(C)C)c1CC(=O)N[S+]([O-])c1ncc(C(C)(C)O)s1. The number of carbonyl (C=O) groups is 1. The summed E-state index contributed by atoms with van der Waals surface area (Å²) in [6, 6.07) is 1.13. The smallest absolute Gasteiger partial charge is 0.329 e. The summed E-state index contributed by atoms with van der Waals surface area (Å²) < 4.78 is 43.5. The van der Waals surface area contributed by atoms with Gasteiger partial charge in [-0.15, -0.1) is 0 Å². The van der Waals surface area contributed by atoms with Gasteiger partial charge in [0.2, 0.25) is 0 Å². The second kappa shape index (κ2) is 9.07. The molecule has 160 valence electrons. The van der Waals surface area contributed by atoms with Crippen LogP contribution in [-0.4, -0.2) is 20.6 Å². The van der Waals surface area contributed by atoms with Crippen LogP contribution < -0.4 is 4.72 Å². The quantitative estimate of drug-likeness (QED) is 0.625. The van der Waals surface area contributed by atoms with Gasteiger partial charge < -0.3 is 9.66 Å². The molecule has 1 aromatic carbocycles. The van der Waals surface area contributed by atoms with Gasteiger partial charge in [0.15, 0.2) is 11.6 Å². The molecule has 0 saturated heterocycles. The predicted octanol–water partition coefficient (Wildman–Crippen LogP) is 4.28. The van der Waals surface area contributed by atoms with E-state index >= 15 is 0 Å². The summed E-state index contributed by atoms with van der Waals surface area (Å²) >= 11 is -0.885. The highest BCUT2D eigenvalue weighted by atomic mass is 32.2. The highest BCUT2D eigenvalue weighted by Gasteiger charge is 2.28. The van der Waals surface area contributed by atoms with Crippen LogP contribution in [0.1, 0.15) is 74.9 Å². The third-order valence-electron chi connectivity index (χ3n) is 4.39. The Labute approximate surface area is 176 Å². The van der Waals surface area contributed by atoms with Crippen molar-refractivity contribution in [3.63, 3.8) is 0 Å². The number of thiazole rings is 1. The van der Waals surface area contributed by atoms with Gasteiger partial charge in [-0.25, -0.2) is 8.78 Å². The molecule has 0 fully saturated rings. The molecule has 2 aromatic rings. The number of nitrogens with one attached hydrogen (secondary N) is 1. The standard InChI is InChI=1S/C20H26F2N2O3S2/c1-10(2)12-7-14(21)18(22)17(11(3)4)13(12)8-16(25)24-29(27)19-23-9-15(28-19)20(5,6)26/h7,9-11,26H,8H2,1-6H3,(H,24,25). The first-order chi connectivity index (χ1) is 13.3. The molecule has 5 nitrogen and oxygen atoms in total. The fourth-order valence-electron chi connectivity index (χ4n) is 2.99. The van der Waals surface area contributed by atoms with Crippen molar-refractivity contribution in [2.75, 3.05) is 0 Å². The average molecular weight is 445 g/mol. The van der Waals surface area contributed by atoms with E-state index in [0.29, 0.717) is 16.0 Å². The third-order valence-corrected chi connectivity index (χ3v) is 7.04. The molecule has 0 aliphatic carbocycles. The van der Waals surface area contributed by atoms with Crippen LogP contribution in [-0.2, 0) is 28.2 Å². The van der Waals surface area contributed by atoms with Gasteiger partial charge in [-0.3, -0.25) is 4.79 Å². The number of nitrogens with zero attached hydrogens (tertiary/aromatic N) is 1. The number of halogens is 2. The Morgan fingerprint density at radius 2 is 1.93 bits per heavy atom. The Balaban J connectivity index is 2.28. The summed E-state index contributed by atoms with van der Waals surface area (Å²) in [5.74, 6) is -2.93. The zero-order valence-corrected chi connectivity index (χ0v) is 18.9. The van der Waals surface area contributed by atoms with Crippen molar-refractivity contribution < 1.29 is 23.2 Å². The second-order valence-electron chi connectivity index (χ2n) is 7.98. The van der Waals surface area contributed by atoms with E-state index in [1.54, 1.807) is 27.7 Å². The van der Waals surface area contributed by atoms with E-state index in [2.05, 4.69) is 9.71 Å². The topological polar surface area (TPSA) is 85.3 Å². The van der Waals surface area contributed by atoms with E-state index in [4.69, 9.17) is 0 Å². The van der Waals surface area contributed by atoms with Crippen LogP contribution in [0.15, 0.2) is 16.6 Å². The summed E-state index contributed by atoms with van der Waals surface area (Å²) in [5, 5.41) is 9.99. The normalized spacial score (nSPS) is 13.2. The Morgan fingerprint density at radius 3 is 2.41 bits per heavy atom. The van der Waals surface area contributed by atoms with Crippen LogP contribution in [0.4, 0.5) is 8.78 Å². The van der Waals surface area contributed by atoms with Gasteiger partial charge in [-0.05, 0) is 48.4 Å². The zero-order chi connectivity index (χ0) is 22.1. The average Bonchev–Trinajstić information content (AvgIpc) is 3.07. The fraction of sp³-hybridized carbons (Fsp3) is 0.500. The highest BCUT2D eigenvalue weighted by Crippen LogP contribution is 2.32. The number of aromatic nitrogens is 1. The van der Waals surface area contributed by atoms with Crippen molar-refractivity contribution in [2.24, 2.45) is 0 Å². The molecular weight excluding hydrogens is 418 g/mol. The largest absolute Gasteiger partial charge is 0.586 e. The van der Waals surface area contributed by atoms with Gasteiger partial charge in [0.05, 0.1) is 16.9 Å². The minimum absolute atomic E-state index is 0.121. The van der Waals surface area contributed by atoms with Gasteiger partial charge in [0.1, 0.15) is 11.4 Å². The van der Waals surface area contributed by atoms with Crippen molar-refractivity contribution in [3.8, 4) is 0 Å². The van der Waals surface area contributed by atoms with Gasteiger partial charge in [0.25, 0.3) is 5.91 Å². The Hall–Kier alpha value is -1.55. The minimum atomic E-state index is -1.92. The Morgan fingerprint density at radius 1 is 1.31 bits per heavy atom. The minimum Gasteiger partial charge on any atom is -0.586 e. The van der Waals surface area contributed by atoms with Crippen LogP contribution in [0.5, 0.6) is 0 Å². The molecule has 0 aliphatic heterocycles. The van der Waals surface area contributed by atoms with Gasteiger partial charge in [0, 0.05) is 6.20 Å². The molecule has 0 aliphatic rings. The lowest BCUT2D eigenvalue weighted by atomic mass is 9.86. The molecular formula is C20H26F2N2O3S2. The number of aliphatic hydroxyl groups is 1. The van der Waals surface area contributed by atoms with Crippen molar-refractivity contribution in [1.82, 2.24) is 9.71 Å². The monoisotopic (exact) mass is 444 g/mol. The van der Waals surface area contributed by atoms with Gasteiger partial charge in [-0.1, -0.05) is 39.0 Å². The summed E-state index contributed by atoms with van der Waals surface area (Å²) in [6.07, 6.45) is 1.18. The Kier molecular flexibility index (Phi) is 7.42. The first kappa shape index (κ1) is 23.7. The molecule has 2 N–H and O–H groups in total. The van der Waals surface area contributed by atoms with Crippen molar-refractivity contribution >= 4 is 28.6 Å². The molecule has 1 heterocycles. The Bertz CT molecular complexity index is 893. The van der Waals surface area contributed by atoms with E-state index in [1.807, 2.05) is 13.8 Å². The number of benzene rings is 1. The molecule has 1 amide bonds. The summed E-state index contributed by atoms with van der Waals surface area (Å²) in [6.45, 7) is 10.3. The van der Waals surface area contributed by atoms with Crippen LogP contribution in [0.2, 0.25) is 0 Å². The molecule has 0 radical (unpaired) electrons. The van der Waals surface area contributed by atoms with E-state index < -0.39 is 34.5 Å². The number of amides is 1. The number of carbonyl (C=O) groups excluding carboxylic acids is 1. The number of hydrogen-bond donors (Lipinski definition) is 2. The maximum Gasteiger partial charge on any atom is 0.329 e. The zero-order valence-electron chi connectivity index (χ0n) is 17.3. The lowest BCUT2D eigenvalue weighted by molar-refractivity contribution is -0.118. The summed E-state index contributed by atoms with van der Waals surface area (Å²) in [7, 11) is 0. The van der Waals surface area contributed by atoms with Crippen LogP contribution >= 0.6 is 11.3 Å². The second-order valence-corrected chi connectivity index (χ2v) is 10.4. The van der Waals surface area contributed by atoms with Crippen LogP contribution in [0.25, 0.3) is 0 Å². The molecule has 2 rings (SSSR count). The van der Waals surface area contributed by atoms with Gasteiger partial charge in [-0.2, -0.15) is 9.71 Å². The third kappa shape index (κ3) is 5.53. The van der Waals surface area contributed by atoms with E-state index in [-0.39, 0.29) is 28.2 Å². The first-order valence-electron chi connectivity index (χ1n) is 9.23. The van der Waals surface area contributed by atoms with Crippen molar-refractivity contribution in [1.29, 1.82) is 0 Å². The molecule has 1 atom stereocenters. The summed E-state index contributed by atoms with van der Waals surface area (Å²) in [5.41, 5.74) is -0.00584. The molecule has 1 unspecified atom stereocenters. The molecule has 1 aromatic heterocycles. The van der Waals surface area contributed by atoms with Crippen LogP contribution in [0.3, 0.4) is 0 Å². The first-order valence-corrected chi connectivity index (χ1v) is 11.2. The maximum absolute atomic E-state index is 14.4. The number of rotatable bonds is 7. The van der Waals surface area contributed by atoms with E-state index in [0.717, 1.165) is 17.4 Å². The highest BCUT2D eigenvalue weighted by molar-refractivity contribution is 7.92. The van der Waals surface area contributed by atoms with Crippen LogP contribution in [0, 0.1) is 11.6 Å². The predicted molar refractivity (Wildman–Crippen MR) is 110 cm³/mol. The fourth-order valence-corrected chi connectivity index (χ4v) is 4.85. The van der Waals surface area contributed by atoms with Crippen molar-refractivity contribution in [2.45, 2.75) is 69.7 Å². The molecule has 0 spiro atoms. The molecule has 29 heavy (non-hydrogen) atoms. The number of hydrogen-bond acceptors (Lipinski definition) is 5. The van der Waals surface area contributed by atoms with Crippen molar-refractivity contribution in [3.05, 3.63) is 45.5 Å². The lowest BCUT2D eigenvalue weighted by Crippen LogP contribution is -2.32. The lowest BCUT2D eigenvalue weighted by Gasteiger charge is -2.20. The van der Waals surface area contributed by atoms with Gasteiger partial charge >= 0.3 is 4.34 Å². The van der Waals surface area contributed by atoms with E-state index in [1.165, 1.54) is 6.20 Å².